The van der Waals surface area contributed by atoms with E-state index in [9.17, 15) is 0 Å². The fourth-order valence-electron chi connectivity index (χ4n) is 10.4. The van der Waals surface area contributed by atoms with Gasteiger partial charge in [-0.25, -0.2) is 0 Å². The van der Waals surface area contributed by atoms with E-state index in [4.69, 9.17) is 17.6 Å². The first-order valence-corrected chi connectivity index (χ1v) is 28.5. The molecule has 10 rings (SSSR count). The van der Waals surface area contributed by atoms with Gasteiger partial charge in [0.15, 0.2) is 0 Å². The predicted octanol–water partition coefficient (Wildman–Crippen LogP) is 18.1. The molecular formula is C66H70IrN2OSi-2. The number of benzene rings is 6. The maximum absolute atomic E-state index is 8.62. The largest absolute Gasteiger partial charge is 0.501 e. The van der Waals surface area contributed by atoms with E-state index in [-0.39, 0.29) is 48.3 Å². The Morgan fingerprint density at radius 2 is 1.32 bits per heavy atom. The van der Waals surface area contributed by atoms with E-state index >= 15 is 0 Å². The number of aromatic nitrogens is 2. The number of rotatable bonds is 8. The minimum absolute atomic E-state index is 0. The molecule has 9 aromatic rings. The van der Waals surface area contributed by atoms with Crippen molar-refractivity contribution in [2.45, 2.75) is 131 Å². The minimum atomic E-state index is -2.35. The molecule has 0 fully saturated rings. The molecule has 365 valence electrons. The predicted molar refractivity (Wildman–Crippen MR) is 301 cm³/mol. The molecule has 1 aliphatic carbocycles. The molecule has 0 saturated heterocycles. The van der Waals surface area contributed by atoms with Gasteiger partial charge in [0.05, 0.1) is 13.7 Å². The Kier molecular flexibility index (Phi) is 12.7. The van der Waals surface area contributed by atoms with Crippen LogP contribution in [-0.2, 0) is 30.9 Å². The van der Waals surface area contributed by atoms with Crippen molar-refractivity contribution in [2.24, 2.45) is 0 Å². The second kappa shape index (κ2) is 20.4. The number of hydrogen-bond acceptors (Lipinski definition) is 3. The Labute approximate surface area is 447 Å². The summed E-state index contributed by atoms with van der Waals surface area (Å²) in [4.78, 5) is 9.26. The van der Waals surface area contributed by atoms with Crippen LogP contribution in [0, 0.1) is 25.8 Å². The van der Waals surface area contributed by atoms with E-state index in [0.29, 0.717) is 28.0 Å². The van der Waals surface area contributed by atoms with E-state index in [2.05, 4.69) is 141 Å². The van der Waals surface area contributed by atoms with E-state index in [1.807, 2.05) is 79.0 Å². The Morgan fingerprint density at radius 1 is 0.634 bits per heavy atom. The van der Waals surface area contributed by atoms with Gasteiger partial charge in [-0.3, -0.25) is 0 Å². The Morgan fingerprint density at radius 3 is 2.01 bits per heavy atom. The van der Waals surface area contributed by atoms with E-state index in [1.54, 1.807) is 12.3 Å². The minimum Gasteiger partial charge on any atom is -0.501 e. The molecule has 0 aliphatic heterocycles. The van der Waals surface area contributed by atoms with Gasteiger partial charge in [0, 0.05) is 46.1 Å². The summed E-state index contributed by atoms with van der Waals surface area (Å²) in [6, 6.07) is 49.4. The number of pyridine rings is 2. The van der Waals surface area contributed by atoms with Crippen LogP contribution in [0.4, 0.5) is 0 Å². The molecule has 0 unspecified atom stereocenters. The fourth-order valence-corrected chi connectivity index (χ4v) is 11.6. The molecule has 1 radical (unpaired) electrons. The molecular weight excluding hydrogens is 1060 g/mol. The van der Waals surface area contributed by atoms with Crippen molar-refractivity contribution in [3.63, 3.8) is 0 Å². The zero-order valence-electron chi connectivity index (χ0n) is 49.2. The molecule has 0 saturated carbocycles. The van der Waals surface area contributed by atoms with Crippen LogP contribution in [0.25, 0.3) is 77.8 Å². The summed E-state index contributed by atoms with van der Waals surface area (Å²) >= 11 is 0. The number of hydrogen-bond donors (Lipinski definition) is 0. The maximum atomic E-state index is 8.62. The Bertz CT molecular complexity index is 3580. The molecule has 5 heteroatoms. The van der Waals surface area contributed by atoms with Gasteiger partial charge in [0.1, 0.15) is 5.58 Å². The number of aryl methyl sites for hydroxylation is 2. The van der Waals surface area contributed by atoms with E-state index in [1.165, 1.54) is 46.7 Å². The summed E-state index contributed by atoms with van der Waals surface area (Å²) in [6.07, 6.45) is 6.95. The molecule has 3 heterocycles. The summed E-state index contributed by atoms with van der Waals surface area (Å²) in [5.41, 5.74) is 16.1. The second-order valence-electron chi connectivity index (χ2n) is 22.2. The van der Waals surface area contributed by atoms with Gasteiger partial charge in [-0.1, -0.05) is 201 Å². The average molecular weight is 1130 g/mol. The van der Waals surface area contributed by atoms with Gasteiger partial charge in [-0.05, 0) is 122 Å². The fraction of sp³-hybridized carbons (Fsp3) is 0.303. The number of fused-ring (bicyclic) bond motifs is 4. The third kappa shape index (κ3) is 10.5. The monoisotopic (exact) mass is 1130 g/mol. The topological polar surface area (TPSA) is 38.9 Å². The van der Waals surface area contributed by atoms with Crippen LogP contribution in [0.15, 0.2) is 144 Å². The van der Waals surface area contributed by atoms with E-state index in [0.717, 1.165) is 55.4 Å². The molecule has 1 aliphatic rings. The average Bonchev–Trinajstić information content (AvgIpc) is 3.74. The summed E-state index contributed by atoms with van der Waals surface area (Å²) in [7, 11) is -1.46. The first-order valence-electron chi connectivity index (χ1n) is 28.0. The van der Waals surface area contributed by atoms with Gasteiger partial charge in [0.25, 0.3) is 0 Å². The molecule has 0 spiro atoms. The zero-order valence-corrected chi connectivity index (χ0v) is 46.6. The summed E-state index contributed by atoms with van der Waals surface area (Å²) < 4.78 is 55.8. The Balaban J connectivity index is 0.000000245. The van der Waals surface area contributed by atoms with Crippen molar-refractivity contribution in [3.05, 3.63) is 185 Å². The summed E-state index contributed by atoms with van der Waals surface area (Å²) in [5.74, 6) is 0.287. The van der Waals surface area contributed by atoms with Crippen LogP contribution in [0.3, 0.4) is 0 Å². The standard InChI is InChI=1S/C45H48NO.C21H22NSi.Ir/c1-27(2)35-22-31(30-18-19-38-39(24-30)45(8,9)21-13-20-44(38,6)7)23-36(28(3)4)42(35)37-25-40(46-26-29(37)5)34-16-12-15-33-32-14-10-11-17-41(32)47-43(33)34;1-16-10-11-18(14-20(16)17-8-6-5-7-9-17)21-15-19(12-13-22-21)23(2,3)4;/h10-12,14-15,17-19,22-28H,13,20-21H2,1-9H3;5-10,12-15H,1-4H3;/q2*-1;/i5D3;1D3;. The SMILES string of the molecule is [2H]C([2H])([2H])c1c[c-]c(-c2cc([Si](C)(C)C)ccn2)cc1-c1ccccc1.[2H]C([2H])([2H])c1cnc(-c2[c-]ccc3c2oc2ccccc23)cc1-c1c(C(C)C)cc(-c2ccc3c(c2)C(C)(C)CCCC3(C)C)cc1C(C)C.[Ir]. The zero-order chi connectivity index (χ0) is 54.7. The van der Waals surface area contributed by atoms with Crippen molar-refractivity contribution in [1.29, 1.82) is 0 Å². The molecule has 3 aromatic heterocycles. The molecule has 3 nitrogen and oxygen atoms in total. The number of para-hydroxylation sites is 1. The summed E-state index contributed by atoms with van der Waals surface area (Å²) in [6.45, 7) is 20.7. The van der Waals surface area contributed by atoms with Crippen LogP contribution in [-0.4, -0.2) is 18.0 Å². The second-order valence-corrected chi connectivity index (χ2v) is 27.3. The van der Waals surface area contributed by atoms with Gasteiger partial charge < -0.3 is 14.4 Å². The van der Waals surface area contributed by atoms with Gasteiger partial charge in [-0.15, -0.1) is 47.5 Å². The molecule has 71 heavy (non-hydrogen) atoms. The van der Waals surface area contributed by atoms with Crippen LogP contribution < -0.4 is 5.19 Å². The first kappa shape index (κ1) is 44.0. The maximum Gasteiger partial charge on any atom is 0.120 e. The van der Waals surface area contributed by atoms with Crippen molar-refractivity contribution in [1.82, 2.24) is 9.97 Å². The molecule has 0 bridgehead atoms. The van der Waals surface area contributed by atoms with Crippen molar-refractivity contribution in [2.75, 3.05) is 0 Å². The van der Waals surface area contributed by atoms with Gasteiger partial charge in [0.2, 0.25) is 0 Å². The van der Waals surface area contributed by atoms with Gasteiger partial charge in [-0.2, -0.15) is 0 Å². The number of furan rings is 1. The van der Waals surface area contributed by atoms with Gasteiger partial charge >= 0.3 is 0 Å². The van der Waals surface area contributed by atoms with Crippen molar-refractivity contribution >= 4 is 35.2 Å². The van der Waals surface area contributed by atoms with Crippen LogP contribution >= 0.6 is 0 Å². The van der Waals surface area contributed by atoms with Crippen LogP contribution in [0.5, 0.6) is 0 Å². The van der Waals surface area contributed by atoms with Crippen molar-refractivity contribution in [3.8, 4) is 55.9 Å². The normalized spacial score (nSPS) is 15.8. The first-order chi connectivity index (χ1) is 35.7. The van der Waals surface area contributed by atoms with Crippen LogP contribution in [0.1, 0.15) is 128 Å². The van der Waals surface area contributed by atoms with Crippen molar-refractivity contribution < 1.29 is 32.7 Å². The molecule has 0 atom stereocenters. The quantitative estimate of drug-likeness (QED) is 0.0865. The molecule has 0 N–H and O–H groups in total. The third-order valence-corrected chi connectivity index (χ3v) is 16.6. The molecule has 0 amide bonds. The summed E-state index contributed by atoms with van der Waals surface area (Å²) in [5, 5.41) is 3.33. The van der Waals surface area contributed by atoms with Crippen LogP contribution in [0.2, 0.25) is 19.6 Å². The number of nitrogens with zero attached hydrogens (tertiary/aromatic N) is 2. The smallest absolute Gasteiger partial charge is 0.120 e. The third-order valence-electron chi connectivity index (χ3n) is 14.6. The van der Waals surface area contributed by atoms with E-state index < -0.39 is 21.8 Å². The molecule has 6 aromatic carbocycles. The Hall–Kier alpha value is -5.71.